The summed E-state index contributed by atoms with van der Waals surface area (Å²) in [4.78, 5) is 28.4. The molecule has 2 aliphatic rings. The van der Waals surface area contributed by atoms with Crippen molar-refractivity contribution in [2.75, 3.05) is 40.6 Å². The van der Waals surface area contributed by atoms with Gasteiger partial charge < -0.3 is 19.1 Å². The van der Waals surface area contributed by atoms with Gasteiger partial charge in [0.25, 0.3) is 5.91 Å². The summed E-state index contributed by atoms with van der Waals surface area (Å²) < 4.78 is 16.3. The SMILES string of the molecule is CN(C)CCOC(=O)CCCN1C(=O)/C(=C/c2ccc3c(c2)OCO3)SC1=S. The van der Waals surface area contributed by atoms with Crippen molar-refractivity contribution in [1.82, 2.24) is 9.80 Å². The molecule has 3 rings (SSSR count). The first-order valence-electron chi connectivity index (χ1n) is 8.89. The molecule has 0 spiro atoms. The van der Waals surface area contributed by atoms with E-state index in [4.69, 9.17) is 26.4 Å². The molecule has 28 heavy (non-hydrogen) atoms. The van der Waals surface area contributed by atoms with Gasteiger partial charge in [0.15, 0.2) is 11.5 Å². The minimum absolute atomic E-state index is 0.145. The average molecular weight is 423 g/mol. The third-order valence-corrected chi connectivity index (χ3v) is 5.51. The predicted molar refractivity (Wildman–Crippen MR) is 111 cm³/mol. The van der Waals surface area contributed by atoms with Crippen molar-refractivity contribution >= 4 is 46.3 Å². The van der Waals surface area contributed by atoms with Gasteiger partial charge in [0, 0.05) is 19.5 Å². The number of hydrogen-bond donors (Lipinski definition) is 0. The van der Waals surface area contributed by atoms with Gasteiger partial charge in [0.2, 0.25) is 6.79 Å². The van der Waals surface area contributed by atoms with Gasteiger partial charge in [0.05, 0.1) is 4.91 Å². The largest absolute Gasteiger partial charge is 0.464 e. The van der Waals surface area contributed by atoms with Gasteiger partial charge >= 0.3 is 5.97 Å². The topological polar surface area (TPSA) is 68.3 Å². The molecule has 0 saturated carbocycles. The second-order valence-electron chi connectivity index (χ2n) is 6.57. The van der Waals surface area contributed by atoms with Gasteiger partial charge in [-0.05, 0) is 44.3 Å². The van der Waals surface area contributed by atoms with Crippen LogP contribution in [0.15, 0.2) is 23.1 Å². The van der Waals surface area contributed by atoms with Crippen LogP contribution in [-0.4, -0.2) is 66.6 Å². The van der Waals surface area contributed by atoms with Crippen LogP contribution >= 0.6 is 24.0 Å². The Morgan fingerprint density at radius 3 is 2.93 bits per heavy atom. The van der Waals surface area contributed by atoms with Gasteiger partial charge in [-0.25, -0.2) is 0 Å². The number of fused-ring (bicyclic) bond motifs is 1. The summed E-state index contributed by atoms with van der Waals surface area (Å²) in [5, 5.41) is 0. The van der Waals surface area contributed by atoms with E-state index in [1.54, 1.807) is 6.08 Å². The minimum atomic E-state index is -0.261. The molecule has 0 unspecified atom stereocenters. The van der Waals surface area contributed by atoms with E-state index < -0.39 is 0 Å². The summed E-state index contributed by atoms with van der Waals surface area (Å²) in [6.07, 6.45) is 2.55. The van der Waals surface area contributed by atoms with Crippen molar-refractivity contribution < 1.29 is 23.8 Å². The van der Waals surface area contributed by atoms with E-state index in [1.165, 1.54) is 16.7 Å². The third-order valence-electron chi connectivity index (χ3n) is 4.13. The normalized spacial score (nSPS) is 17.1. The van der Waals surface area contributed by atoms with Gasteiger partial charge in [-0.1, -0.05) is 30.0 Å². The van der Waals surface area contributed by atoms with E-state index >= 15 is 0 Å². The van der Waals surface area contributed by atoms with Crippen LogP contribution in [0.3, 0.4) is 0 Å². The number of esters is 1. The molecule has 0 atom stereocenters. The molecule has 150 valence electrons. The maximum atomic E-state index is 12.6. The molecule has 0 radical (unpaired) electrons. The number of carbonyl (C=O) groups is 2. The van der Waals surface area contributed by atoms with Crippen molar-refractivity contribution in [3.63, 3.8) is 0 Å². The molecule has 1 amide bonds. The maximum Gasteiger partial charge on any atom is 0.305 e. The fraction of sp³-hybridized carbons (Fsp3) is 0.421. The van der Waals surface area contributed by atoms with Crippen molar-refractivity contribution in [3.05, 3.63) is 28.7 Å². The minimum Gasteiger partial charge on any atom is -0.464 e. The standard InChI is InChI=1S/C19H22N2O5S2/c1-20(2)8-9-24-17(22)4-3-7-21-18(23)16(28-19(21)27)11-13-5-6-14-15(10-13)26-12-25-14/h5-6,10-11H,3-4,7-9,12H2,1-2H3/b16-11-. The van der Waals surface area contributed by atoms with E-state index in [9.17, 15) is 9.59 Å². The summed E-state index contributed by atoms with van der Waals surface area (Å²) in [6, 6.07) is 5.51. The van der Waals surface area contributed by atoms with Crippen LogP contribution in [0.25, 0.3) is 6.08 Å². The lowest BCUT2D eigenvalue weighted by molar-refractivity contribution is -0.144. The number of likely N-dealkylation sites (N-methyl/N-ethyl adjacent to an activating group) is 1. The number of hydrogen-bond acceptors (Lipinski definition) is 8. The highest BCUT2D eigenvalue weighted by Gasteiger charge is 2.31. The van der Waals surface area contributed by atoms with Crippen LogP contribution in [0.4, 0.5) is 0 Å². The summed E-state index contributed by atoms with van der Waals surface area (Å²) >= 11 is 6.59. The van der Waals surface area contributed by atoms with Crippen LogP contribution in [0.5, 0.6) is 11.5 Å². The number of thiocarbonyl (C=S) groups is 1. The fourth-order valence-electron chi connectivity index (χ4n) is 2.64. The fourth-order valence-corrected chi connectivity index (χ4v) is 3.95. The van der Waals surface area contributed by atoms with E-state index in [-0.39, 0.29) is 25.1 Å². The number of carbonyl (C=O) groups excluding carboxylic acids is 2. The highest BCUT2D eigenvalue weighted by molar-refractivity contribution is 8.26. The highest BCUT2D eigenvalue weighted by Crippen LogP contribution is 2.36. The number of benzene rings is 1. The molecule has 0 bridgehead atoms. The molecule has 7 nitrogen and oxygen atoms in total. The Morgan fingerprint density at radius 2 is 2.14 bits per heavy atom. The van der Waals surface area contributed by atoms with E-state index in [2.05, 4.69) is 0 Å². The van der Waals surface area contributed by atoms with Crippen molar-refractivity contribution in [3.8, 4) is 11.5 Å². The lowest BCUT2D eigenvalue weighted by Crippen LogP contribution is -2.29. The molecule has 1 fully saturated rings. The zero-order chi connectivity index (χ0) is 20.1. The van der Waals surface area contributed by atoms with Gasteiger partial charge in [0.1, 0.15) is 10.9 Å². The number of thioether (sulfide) groups is 1. The van der Waals surface area contributed by atoms with Crippen LogP contribution in [0, 0.1) is 0 Å². The molecule has 2 aliphatic heterocycles. The van der Waals surface area contributed by atoms with Crippen LogP contribution in [0.1, 0.15) is 18.4 Å². The molecular weight excluding hydrogens is 400 g/mol. The van der Waals surface area contributed by atoms with E-state index in [0.29, 0.717) is 46.8 Å². The summed E-state index contributed by atoms with van der Waals surface area (Å²) in [5.41, 5.74) is 0.842. The highest BCUT2D eigenvalue weighted by atomic mass is 32.2. The number of amides is 1. The number of nitrogens with zero attached hydrogens (tertiary/aromatic N) is 2. The van der Waals surface area contributed by atoms with Crippen molar-refractivity contribution in [2.45, 2.75) is 12.8 Å². The van der Waals surface area contributed by atoms with E-state index in [1.807, 2.05) is 37.2 Å². The molecule has 0 aromatic heterocycles. The monoisotopic (exact) mass is 422 g/mol. The Hall–Kier alpha value is -2.10. The second-order valence-corrected chi connectivity index (χ2v) is 8.25. The number of rotatable bonds is 8. The molecular formula is C19H22N2O5S2. The Labute approximate surface area is 173 Å². The van der Waals surface area contributed by atoms with Crippen LogP contribution in [0.2, 0.25) is 0 Å². The molecule has 2 heterocycles. The van der Waals surface area contributed by atoms with E-state index in [0.717, 1.165) is 5.56 Å². The Morgan fingerprint density at radius 1 is 1.36 bits per heavy atom. The van der Waals surface area contributed by atoms with Gasteiger partial charge in [-0.3, -0.25) is 14.5 Å². The van der Waals surface area contributed by atoms with Gasteiger partial charge in [-0.2, -0.15) is 0 Å². The predicted octanol–water partition coefficient (Wildman–Crippen LogP) is 2.50. The lowest BCUT2D eigenvalue weighted by Gasteiger charge is -2.14. The van der Waals surface area contributed by atoms with Gasteiger partial charge in [-0.15, -0.1) is 0 Å². The van der Waals surface area contributed by atoms with Crippen molar-refractivity contribution in [1.29, 1.82) is 0 Å². The third kappa shape index (κ3) is 5.24. The first-order chi connectivity index (χ1) is 13.4. The molecule has 0 N–H and O–H groups in total. The molecule has 1 aromatic rings. The average Bonchev–Trinajstić information content (AvgIpc) is 3.20. The summed E-state index contributed by atoms with van der Waals surface area (Å²) in [6.45, 7) is 1.65. The zero-order valence-corrected chi connectivity index (χ0v) is 17.4. The smallest absolute Gasteiger partial charge is 0.305 e. The second kappa shape index (κ2) is 9.40. The maximum absolute atomic E-state index is 12.6. The molecule has 1 aromatic carbocycles. The van der Waals surface area contributed by atoms with Crippen molar-refractivity contribution in [2.24, 2.45) is 0 Å². The lowest BCUT2D eigenvalue weighted by atomic mass is 10.2. The zero-order valence-electron chi connectivity index (χ0n) is 15.8. The first-order valence-corrected chi connectivity index (χ1v) is 10.1. The Kier molecular flexibility index (Phi) is 6.93. The Bertz CT molecular complexity index is 810. The summed E-state index contributed by atoms with van der Waals surface area (Å²) in [5.74, 6) is 0.955. The Balaban J connectivity index is 1.51. The molecule has 9 heteroatoms. The first kappa shape index (κ1) is 20.6. The molecule has 0 aliphatic carbocycles. The number of ether oxygens (including phenoxy) is 3. The van der Waals surface area contributed by atoms with Crippen LogP contribution in [-0.2, 0) is 14.3 Å². The quantitative estimate of drug-likeness (QED) is 0.360. The summed E-state index contributed by atoms with van der Waals surface area (Å²) in [7, 11) is 3.83. The van der Waals surface area contributed by atoms with Crippen LogP contribution < -0.4 is 9.47 Å². The molecule has 1 saturated heterocycles.